The van der Waals surface area contributed by atoms with Crippen LogP contribution in [0.2, 0.25) is 0 Å². The highest BCUT2D eigenvalue weighted by Crippen LogP contribution is 2.40. The van der Waals surface area contributed by atoms with Crippen molar-refractivity contribution < 1.29 is 9.53 Å². The number of ether oxygens (including phenoxy) is 1. The van der Waals surface area contributed by atoms with Gasteiger partial charge in [-0.25, -0.2) is 0 Å². The molecule has 92 valence electrons. The van der Waals surface area contributed by atoms with Crippen LogP contribution in [0.4, 0.5) is 0 Å². The average Bonchev–Trinajstić information content (AvgIpc) is 3.01. The molecule has 0 spiro atoms. The van der Waals surface area contributed by atoms with Crippen LogP contribution in [-0.2, 0) is 9.53 Å². The smallest absolute Gasteiger partial charge is 0.323 e. The van der Waals surface area contributed by atoms with E-state index < -0.39 is 0 Å². The molecule has 0 saturated heterocycles. The minimum absolute atomic E-state index is 0.0626. The number of methoxy groups -OCH3 is 1. The molecule has 0 amide bonds. The number of rotatable bonds is 4. The fourth-order valence-corrected chi connectivity index (χ4v) is 2.81. The van der Waals surface area contributed by atoms with Gasteiger partial charge in [0.25, 0.3) is 0 Å². The first-order valence-corrected chi connectivity index (χ1v) is 6.38. The van der Waals surface area contributed by atoms with Crippen LogP contribution < -0.4 is 5.32 Å². The zero-order valence-corrected chi connectivity index (χ0v) is 10.6. The number of carbonyl (C=O) groups excluding carboxylic acids is 1. The fraction of sp³-hybridized carbons (Fsp3) is 0.923. The lowest BCUT2D eigenvalue weighted by atomic mass is 9.87. The second kappa shape index (κ2) is 4.36. The number of esters is 1. The van der Waals surface area contributed by atoms with Crippen molar-refractivity contribution in [1.29, 1.82) is 0 Å². The van der Waals surface area contributed by atoms with Crippen molar-refractivity contribution in [3.63, 3.8) is 0 Å². The van der Waals surface area contributed by atoms with Gasteiger partial charge in [-0.1, -0.05) is 20.3 Å². The van der Waals surface area contributed by atoms with Crippen molar-refractivity contribution in [3.05, 3.63) is 0 Å². The summed E-state index contributed by atoms with van der Waals surface area (Å²) in [5.74, 6) is 0.439. The summed E-state index contributed by atoms with van der Waals surface area (Å²) < 4.78 is 4.89. The van der Waals surface area contributed by atoms with Gasteiger partial charge in [-0.2, -0.15) is 0 Å². The van der Waals surface area contributed by atoms with Gasteiger partial charge in [0.2, 0.25) is 0 Å². The molecular formula is C13H23NO2. The van der Waals surface area contributed by atoms with E-state index >= 15 is 0 Å². The molecule has 2 unspecified atom stereocenters. The molecule has 2 rings (SSSR count). The number of carbonyl (C=O) groups is 1. The Morgan fingerprint density at radius 3 is 2.50 bits per heavy atom. The molecular weight excluding hydrogens is 202 g/mol. The summed E-state index contributed by atoms with van der Waals surface area (Å²) in [6, 6.07) is 0.407. The summed E-state index contributed by atoms with van der Waals surface area (Å²) in [6.07, 6.45) is 6.04. The summed E-state index contributed by atoms with van der Waals surface area (Å²) in [7, 11) is 1.49. The second-order valence-electron chi connectivity index (χ2n) is 5.94. The largest absolute Gasteiger partial charge is 0.468 e. The van der Waals surface area contributed by atoms with Gasteiger partial charge in [0.15, 0.2) is 0 Å². The lowest BCUT2D eigenvalue weighted by molar-refractivity contribution is -0.144. The van der Waals surface area contributed by atoms with Crippen molar-refractivity contribution in [2.24, 2.45) is 11.3 Å². The highest BCUT2D eigenvalue weighted by Gasteiger charge is 2.42. The molecule has 0 heterocycles. The third kappa shape index (κ3) is 2.40. The maximum atomic E-state index is 11.7. The minimum Gasteiger partial charge on any atom is -0.468 e. The van der Waals surface area contributed by atoms with E-state index in [4.69, 9.17) is 4.74 Å². The molecule has 2 saturated carbocycles. The minimum atomic E-state index is -0.0785. The van der Waals surface area contributed by atoms with Gasteiger partial charge in [0, 0.05) is 6.04 Å². The van der Waals surface area contributed by atoms with Crippen LogP contribution in [0.15, 0.2) is 0 Å². The van der Waals surface area contributed by atoms with Crippen LogP contribution in [-0.4, -0.2) is 25.2 Å². The van der Waals surface area contributed by atoms with Gasteiger partial charge in [0.1, 0.15) is 6.04 Å². The first-order valence-electron chi connectivity index (χ1n) is 6.38. The zero-order valence-electron chi connectivity index (χ0n) is 10.6. The quantitative estimate of drug-likeness (QED) is 0.745. The van der Waals surface area contributed by atoms with Crippen molar-refractivity contribution in [3.8, 4) is 0 Å². The van der Waals surface area contributed by atoms with E-state index in [1.54, 1.807) is 0 Å². The molecule has 0 bridgehead atoms. The molecule has 2 aliphatic rings. The molecule has 1 N–H and O–H groups in total. The van der Waals surface area contributed by atoms with Gasteiger partial charge in [-0.05, 0) is 37.0 Å². The molecule has 3 nitrogen and oxygen atoms in total. The molecule has 2 aliphatic carbocycles. The molecule has 0 aromatic heterocycles. The van der Waals surface area contributed by atoms with Gasteiger partial charge in [0.05, 0.1) is 7.11 Å². The Kier molecular flexibility index (Phi) is 3.24. The highest BCUT2D eigenvalue weighted by atomic mass is 16.5. The summed E-state index contributed by atoms with van der Waals surface area (Å²) in [5, 5.41) is 3.54. The maximum absolute atomic E-state index is 11.7. The molecule has 0 radical (unpaired) electrons. The van der Waals surface area contributed by atoms with E-state index in [1.807, 2.05) is 0 Å². The van der Waals surface area contributed by atoms with Crippen LogP contribution in [0.5, 0.6) is 0 Å². The third-order valence-corrected chi connectivity index (χ3v) is 4.19. The Morgan fingerprint density at radius 2 is 2.06 bits per heavy atom. The van der Waals surface area contributed by atoms with E-state index in [0.29, 0.717) is 17.4 Å². The van der Waals surface area contributed by atoms with Crippen LogP contribution >= 0.6 is 0 Å². The fourth-order valence-electron chi connectivity index (χ4n) is 2.81. The van der Waals surface area contributed by atoms with Crippen LogP contribution in [0.25, 0.3) is 0 Å². The molecule has 0 aromatic carbocycles. The molecule has 2 atom stereocenters. The number of nitrogens with one attached hydrogen (secondary N) is 1. The van der Waals surface area contributed by atoms with Crippen LogP contribution in [0.3, 0.4) is 0 Å². The number of hydrogen-bond donors (Lipinski definition) is 1. The highest BCUT2D eigenvalue weighted by molar-refractivity contribution is 5.76. The summed E-state index contributed by atoms with van der Waals surface area (Å²) >= 11 is 0. The molecule has 2 fully saturated rings. The first kappa shape index (κ1) is 11.9. The zero-order chi connectivity index (χ0) is 11.8. The molecule has 16 heavy (non-hydrogen) atoms. The first-order chi connectivity index (χ1) is 7.54. The van der Waals surface area contributed by atoms with Crippen LogP contribution in [0, 0.1) is 11.3 Å². The van der Waals surface area contributed by atoms with Crippen LogP contribution in [0.1, 0.15) is 46.0 Å². The maximum Gasteiger partial charge on any atom is 0.323 e. The van der Waals surface area contributed by atoms with Crippen molar-refractivity contribution in [2.75, 3.05) is 7.11 Å². The van der Waals surface area contributed by atoms with E-state index in [1.165, 1.54) is 39.2 Å². The lowest BCUT2D eigenvalue weighted by Crippen LogP contribution is -2.49. The predicted molar refractivity (Wildman–Crippen MR) is 63.1 cm³/mol. The Labute approximate surface area is 97.9 Å². The van der Waals surface area contributed by atoms with Crippen molar-refractivity contribution >= 4 is 5.97 Å². The van der Waals surface area contributed by atoms with Gasteiger partial charge in [-0.3, -0.25) is 4.79 Å². The number of hydrogen-bond acceptors (Lipinski definition) is 3. The van der Waals surface area contributed by atoms with Crippen molar-refractivity contribution in [2.45, 2.75) is 58.0 Å². The summed E-state index contributed by atoms with van der Waals surface area (Å²) in [5.41, 5.74) is 0.321. The summed E-state index contributed by atoms with van der Waals surface area (Å²) in [4.78, 5) is 11.7. The Bertz CT molecular complexity index is 271. The van der Waals surface area contributed by atoms with Gasteiger partial charge in [-0.15, -0.1) is 0 Å². The Balaban J connectivity index is 1.97. The standard InChI is InChI=1S/C13H23NO2/c1-13(2)8-4-5-10(13)14-11(9-6-7-9)12(15)16-3/h9-11,14H,4-8H2,1-3H3. The Morgan fingerprint density at radius 1 is 1.38 bits per heavy atom. The third-order valence-electron chi connectivity index (χ3n) is 4.19. The van der Waals surface area contributed by atoms with E-state index in [-0.39, 0.29) is 12.0 Å². The SMILES string of the molecule is COC(=O)C(NC1CCCC1(C)C)C1CC1. The normalized spacial score (nSPS) is 30.1. The van der Waals surface area contributed by atoms with E-state index in [2.05, 4.69) is 19.2 Å². The van der Waals surface area contributed by atoms with E-state index in [9.17, 15) is 4.79 Å². The molecule has 0 aliphatic heterocycles. The van der Waals surface area contributed by atoms with Gasteiger partial charge >= 0.3 is 5.97 Å². The lowest BCUT2D eigenvalue weighted by Gasteiger charge is -2.31. The Hall–Kier alpha value is -0.570. The second-order valence-corrected chi connectivity index (χ2v) is 5.94. The van der Waals surface area contributed by atoms with Gasteiger partial charge < -0.3 is 10.1 Å². The monoisotopic (exact) mass is 225 g/mol. The molecule has 3 heteroatoms. The van der Waals surface area contributed by atoms with E-state index in [0.717, 1.165) is 0 Å². The predicted octanol–water partition coefficient (Wildman–Crippen LogP) is 2.11. The topological polar surface area (TPSA) is 38.3 Å². The van der Waals surface area contributed by atoms with Crippen molar-refractivity contribution in [1.82, 2.24) is 5.32 Å². The molecule has 0 aromatic rings. The average molecular weight is 225 g/mol. The summed E-state index contributed by atoms with van der Waals surface area (Å²) in [6.45, 7) is 4.58.